The van der Waals surface area contributed by atoms with Crippen molar-refractivity contribution >= 4 is 29.1 Å². The quantitative estimate of drug-likeness (QED) is 0.914. The molecule has 5 nitrogen and oxygen atoms in total. The van der Waals surface area contributed by atoms with E-state index in [1.54, 1.807) is 35.2 Å². The fraction of sp³-hybridized carbons (Fsp3) is 0.263. The first-order valence-corrected chi connectivity index (χ1v) is 8.44. The van der Waals surface area contributed by atoms with E-state index in [4.69, 9.17) is 16.3 Å². The van der Waals surface area contributed by atoms with E-state index >= 15 is 0 Å². The average molecular weight is 359 g/mol. The maximum absolute atomic E-state index is 12.3. The monoisotopic (exact) mass is 358 g/mol. The molecule has 1 N–H and O–H groups in total. The van der Waals surface area contributed by atoms with E-state index in [1.807, 2.05) is 25.1 Å². The smallest absolute Gasteiger partial charge is 0.253 e. The summed E-state index contributed by atoms with van der Waals surface area (Å²) in [4.78, 5) is 26.1. The molecule has 3 rings (SSSR count). The molecule has 0 spiro atoms. The minimum absolute atomic E-state index is 0.00642. The van der Waals surface area contributed by atoms with Crippen LogP contribution in [-0.2, 0) is 9.53 Å². The van der Waals surface area contributed by atoms with Crippen molar-refractivity contribution in [2.45, 2.75) is 13.0 Å². The van der Waals surface area contributed by atoms with Crippen molar-refractivity contribution in [3.8, 4) is 0 Å². The van der Waals surface area contributed by atoms with Gasteiger partial charge in [-0.25, -0.2) is 0 Å². The Morgan fingerprint density at radius 3 is 2.68 bits per heavy atom. The molecular formula is C19H19ClN2O3. The van der Waals surface area contributed by atoms with Crippen molar-refractivity contribution in [1.29, 1.82) is 0 Å². The van der Waals surface area contributed by atoms with Crippen LogP contribution >= 0.6 is 11.6 Å². The van der Waals surface area contributed by atoms with Gasteiger partial charge >= 0.3 is 0 Å². The Morgan fingerprint density at radius 2 is 1.96 bits per heavy atom. The number of carbonyl (C=O) groups is 2. The number of halogens is 1. The lowest BCUT2D eigenvalue weighted by molar-refractivity contribution is -0.129. The molecule has 1 aliphatic heterocycles. The number of nitrogens with one attached hydrogen (secondary N) is 1. The van der Waals surface area contributed by atoms with Gasteiger partial charge in [0.2, 0.25) is 0 Å². The number of benzene rings is 2. The molecule has 0 bridgehead atoms. The van der Waals surface area contributed by atoms with E-state index in [0.717, 1.165) is 11.3 Å². The summed E-state index contributed by atoms with van der Waals surface area (Å²) < 4.78 is 5.55. The van der Waals surface area contributed by atoms with Gasteiger partial charge in [0.15, 0.2) is 0 Å². The van der Waals surface area contributed by atoms with Crippen LogP contribution in [-0.4, -0.2) is 37.6 Å². The fourth-order valence-electron chi connectivity index (χ4n) is 2.75. The SMILES string of the molecule is Cc1ccccc1C(=O)NCC1CN(c2ccc(Cl)cc2)C(=O)CO1. The lowest BCUT2D eigenvalue weighted by atomic mass is 10.1. The topological polar surface area (TPSA) is 58.6 Å². The number of nitrogens with zero attached hydrogens (tertiary/aromatic N) is 1. The van der Waals surface area contributed by atoms with Crippen LogP contribution < -0.4 is 10.2 Å². The Labute approximate surface area is 151 Å². The predicted octanol–water partition coefficient (Wildman–Crippen LogP) is 2.81. The van der Waals surface area contributed by atoms with Gasteiger partial charge < -0.3 is 15.0 Å². The van der Waals surface area contributed by atoms with E-state index < -0.39 is 0 Å². The number of hydrogen-bond acceptors (Lipinski definition) is 3. The van der Waals surface area contributed by atoms with Gasteiger partial charge in [-0.3, -0.25) is 9.59 Å². The molecule has 1 saturated heterocycles. The molecule has 0 radical (unpaired) electrons. The molecular weight excluding hydrogens is 340 g/mol. The van der Waals surface area contributed by atoms with E-state index in [1.165, 1.54) is 0 Å². The molecule has 1 aliphatic rings. The zero-order valence-electron chi connectivity index (χ0n) is 13.9. The highest BCUT2D eigenvalue weighted by molar-refractivity contribution is 6.30. The zero-order valence-corrected chi connectivity index (χ0v) is 14.6. The van der Waals surface area contributed by atoms with E-state index in [0.29, 0.717) is 23.7 Å². The number of carbonyl (C=O) groups excluding carboxylic acids is 2. The molecule has 0 saturated carbocycles. The highest BCUT2D eigenvalue weighted by Crippen LogP contribution is 2.21. The lowest BCUT2D eigenvalue weighted by Gasteiger charge is -2.33. The van der Waals surface area contributed by atoms with Crippen LogP contribution in [0.4, 0.5) is 5.69 Å². The highest BCUT2D eigenvalue weighted by Gasteiger charge is 2.27. The van der Waals surface area contributed by atoms with Crippen LogP contribution in [0.5, 0.6) is 0 Å². The summed E-state index contributed by atoms with van der Waals surface area (Å²) in [6, 6.07) is 14.5. The summed E-state index contributed by atoms with van der Waals surface area (Å²) in [6.07, 6.45) is -0.263. The standard InChI is InChI=1S/C19H19ClN2O3/c1-13-4-2-3-5-17(13)19(24)21-10-16-11-22(18(23)12-25-16)15-8-6-14(20)7-9-15/h2-9,16H,10-12H2,1H3,(H,21,24). The molecule has 2 aromatic rings. The largest absolute Gasteiger partial charge is 0.365 e. The Balaban J connectivity index is 1.62. The van der Waals surface area contributed by atoms with Gasteiger partial charge in [-0.1, -0.05) is 29.8 Å². The van der Waals surface area contributed by atoms with Crippen molar-refractivity contribution < 1.29 is 14.3 Å². The van der Waals surface area contributed by atoms with Crippen LogP contribution in [0.1, 0.15) is 15.9 Å². The van der Waals surface area contributed by atoms with Crippen LogP contribution in [0.25, 0.3) is 0 Å². The van der Waals surface area contributed by atoms with E-state index in [2.05, 4.69) is 5.32 Å². The van der Waals surface area contributed by atoms with Crippen LogP contribution in [0.2, 0.25) is 5.02 Å². The summed E-state index contributed by atoms with van der Waals surface area (Å²) in [5, 5.41) is 3.50. The number of rotatable bonds is 4. The summed E-state index contributed by atoms with van der Waals surface area (Å²) in [6.45, 7) is 2.61. The molecule has 2 amide bonds. The van der Waals surface area contributed by atoms with Gasteiger partial charge in [-0.2, -0.15) is 0 Å². The fourth-order valence-corrected chi connectivity index (χ4v) is 2.87. The molecule has 1 atom stereocenters. The minimum Gasteiger partial charge on any atom is -0.365 e. The lowest BCUT2D eigenvalue weighted by Crippen LogP contribution is -2.50. The van der Waals surface area contributed by atoms with Crippen molar-refractivity contribution in [3.05, 3.63) is 64.7 Å². The molecule has 130 valence electrons. The number of aryl methyl sites for hydroxylation is 1. The van der Waals surface area contributed by atoms with Crippen molar-refractivity contribution in [1.82, 2.24) is 5.32 Å². The summed E-state index contributed by atoms with van der Waals surface area (Å²) in [5.41, 5.74) is 2.33. The Kier molecular flexibility index (Phi) is 5.36. The van der Waals surface area contributed by atoms with Crippen molar-refractivity contribution in [2.24, 2.45) is 0 Å². The number of hydrogen-bond donors (Lipinski definition) is 1. The van der Waals surface area contributed by atoms with Crippen LogP contribution in [0.15, 0.2) is 48.5 Å². The summed E-state index contributed by atoms with van der Waals surface area (Å²) in [7, 11) is 0. The van der Waals surface area contributed by atoms with E-state index in [9.17, 15) is 9.59 Å². The van der Waals surface area contributed by atoms with E-state index in [-0.39, 0.29) is 24.5 Å². The summed E-state index contributed by atoms with van der Waals surface area (Å²) >= 11 is 5.90. The third-order valence-corrected chi connectivity index (χ3v) is 4.40. The van der Waals surface area contributed by atoms with Crippen LogP contribution in [0, 0.1) is 6.92 Å². The van der Waals surface area contributed by atoms with Gasteiger partial charge in [0.25, 0.3) is 11.8 Å². The molecule has 25 heavy (non-hydrogen) atoms. The molecule has 1 unspecified atom stereocenters. The first kappa shape index (κ1) is 17.5. The second-order valence-electron chi connectivity index (χ2n) is 5.94. The van der Waals surface area contributed by atoms with Crippen molar-refractivity contribution in [2.75, 3.05) is 24.6 Å². The van der Waals surface area contributed by atoms with Gasteiger partial charge in [-0.05, 0) is 42.8 Å². The molecule has 1 fully saturated rings. The van der Waals surface area contributed by atoms with Crippen LogP contribution in [0.3, 0.4) is 0 Å². The zero-order chi connectivity index (χ0) is 17.8. The van der Waals surface area contributed by atoms with Gasteiger partial charge in [0.1, 0.15) is 6.61 Å². The molecule has 0 aromatic heterocycles. The molecule has 0 aliphatic carbocycles. The molecule has 6 heteroatoms. The molecule has 1 heterocycles. The number of ether oxygens (including phenoxy) is 1. The predicted molar refractivity (Wildman–Crippen MR) is 97.1 cm³/mol. The van der Waals surface area contributed by atoms with Gasteiger partial charge in [0.05, 0.1) is 12.6 Å². The minimum atomic E-state index is -0.263. The van der Waals surface area contributed by atoms with Gasteiger partial charge in [0, 0.05) is 22.8 Å². The Morgan fingerprint density at radius 1 is 1.24 bits per heavy atom. The van der Waals surface area contributed by atoms with Gasteiger partial charge in [-0.15, -0.1) is 0 Å². The number of amides is 2. The number of morpholine rings is 1. The normalized spacial score (nSPS) is 17.4. The number of anilines is 1. The molecule has 2 aromatic carbocycles. The second kappa shape index (κ2) is 7.68. The maximum atomic E-state index is 12.3. The Bertz CT molecular complexity index is 776. The summed E-state index contributed by atoms with van der Waals surface area (Å²) in [5.74, 6) is -0.250. The third-order valence-electron chi connectivity index (χ3n) is 4.15. The maximum Gasteiger partial charge on any atom is 0.253 e. The average Bonchev–Trinajstić information content (AvgIpc) is 2.62. The second-order valence-corrected chi connectivity index (χ2v) is 6.38. The first-order valence-electron chi connectivity index (χ1n) is 8.06. The highest BCUT2D eigenvalue weighted by atomic mass is 35.5. The third kappa shape index (κ3) is 4.18. The van der Waals surface area contributed by atoms with Crippen molar-refractivity contribution in [3.63, 3.8) is 0 Å². The Hall–Kier alpha value is -2.37. The first-order chi connectivity index (χ1) is 12.0.